The Morgan fingerprint density at radius 3 is 2.47 bits per heavy atom. The molecular weight excluding hydrogens is 210 g/mol. The lowest BCUT2D eigenvalue weighted by Gasteiger charge is -2.15. The van der Waals surface area contributed by atoms with E-state index in [-0.39, 0.29) is 0 Å². The summed E-state index contributed by atoms with van der Waals surface area (Å²) in [6.45, 7) is 13.5. The Labute approximate surface area is 105 Å². The van der Waals surface area contributed by atoms with E-state index >= 15 is 0 Å². The Bertz CT molecular complexity index is 358. The van der Waals surface area contributed by atoms with Crippen molar-refractivity contribution in [2.75, 3.05) is 13.2 Å². The number of ether oxygens (including phenoxy) is 1. The molecule has 0 bridgehead atoms. The van der Waals surface area contributed by atoms with Crippen LogP contribution >= 0.6 is 0 Å². The molecule has 0 heterocycles. The Balaban J connectivity index is 2.78. The van der Waals surface area contributed by atoms with Crippen LogP contribution in [-0.2, 0) is 6.54 Å². The Morgan fingerprint density at radius 2 is 1.88 bits per heavy atom. The van der Waals surface area contributed by atoms with Gasteiger partial charge >= 0.3 is 0 Å². The van der Waals surface area contributed by atoms with Gasteiger partial charge in [0.1, 0.15) is 5.75 Å². The van der Waals surface area contributed by atoms with Crippen LogP contribution in [-0.4, -0.2) is 13.2 Å². The summed E-state index contributed by atoms with van der Waals surface area (Å²) >= 11 is 0. The average Bonchev–Trinajstić information content (AvgIpc) is 2.27. The van der Waals surface area contributed by atoms with Gasteiger partial charge in [-0.3, -0.25) is 0 Å². The molecule has 0 saturated carbocycles. The molecule has 0 spiro atoms. The van der Waals surface area contributed by atoms with Crippen LogP contribution < -0.4 is 10.1 Å². The summed E-state index contributed by atoms with van der Waals surface area (Å²) < 4.78 is 5.82. The van der Waals surface area contributed by atoms with Crippen molar-refractivity contribution in [1.29, 1.82) is 0 Å². The van der Waals surface area contributed by atoms with Crippen LogP contribution in [0, 0.1) is 19.8 Å². The second-order valence-electron chi connectivity index (χ2n) is 5.03. The van der Waals surface area contributed by atoms with E-state index in [4.69, 9.17) is 4.74 Å². The van der Waals surface area contributed by atoms with Crippen molar-refractivity contribution in [3.63, 3.8) is 0 Å². The number of benzene rings is 1. The monoisotopic (exact) mass is 235 g/mol. The number of rotatable bonds is 6. The van der Waals surface area contributed by atoms with Gasteiger partial charge in [-0.25, -0.2) is 0 Å². The highest BCUT2D eigenvalue weighted by molar-refractivity contribution is 5.41. The van der Waals surface area contributed by atoms with Gasteiger partial charge in [0.2, 0.25) is 0 Å². The molecule has 0 atom stereocenters. The molecule has 0 fully saturated rings. The van der Waals surface area contributed by atoms with Gasteiger partial charge in [0.05, 0.1) is 6.61 Å². The number of nitrogens with one attached hydrogen (secondary N) is 1. The SMILES string of the molecule is CCNCc1cc(C)c(OCC(C)C)cc1C. The molecule has 0 unspecified atom stereocenters. The van der Waals surface area contributed by atoms with E-state index in [1.54, 1.807) is 0 Å². The summed E-state index contributed by atoms with van der Waals surface area (Å²) in [5.41, 5.74) is 3.89. The minimum absolute atomic E-state index is 0.566. The fraction of sp³-hybridized carbons (Fsp3) is 0.600. The van der Waals surface area contributed by atoms with Crippen molar-refractivity contribution in [3.05, 3.63) is 28.8 Å². The molecule has 1 N–H and O–H groups in total. The van der Waals surface area contributed by atoms with E-state index in [2.05, 4.69) is 52.1 Å². The molecule has 0 saturated heterocycles. The Hall–Kier alpha value is -1.02. The molecule has 96 valence electrons. The third-order valence-corrected chi connectivity index (χ3v) is 2.77. The first-order valence-electron chi connectivity index (χ1n) is 6.48. The van der Waals surface area contributed by atoms with Crippen LogP contribution in [0.2, 0.25) is 0 Å². The van der Waals surface area contributed by atoms with Crippen LogP contribution in [0.3, 0.4) is 0 Å². The van der Waals surface area contributed by atoms with Crippen molar-refractivity contribution in [2.45, 2.75) is 41.2 Å². The minimum Gasteiger partial charge on any atom is -0.493 e. The average molecular weight is 235 g/mol. The van der Waals surface area contributed by atoms with Crippen LogP contribution in [0.15, 0.2) is 12.1 Å². The standard InChI is InChI=1S/C15H25NO/c1-6-16-9-14-7-13(5)15(8-12(14)4)17-10-11(2)3/h7-8,11,16H,6,9-10H2,1-5H3. The highest BCUT2D eigenvalue weighted by Crippen LogP contribution is 2.23. The lowest BCUT2D eigenvalue weighted by atomic mass is 10.0. The van der Waals surface area contributed by atoms with Crippen molar-refractivity contribution >= 4 is 0 Å². The Kier molecular flexibility index (Phi) is 5.49. The van der Waals surface area contributed by atoms with Crippen LogP contribution in [0.5, 0.6) is 5.75 Å². The molecule has 1 aromatic carbocycles. The molecule has 0 aromatic heterocycles. The van der Waals surface area contributed by atoms with Crippen LogP contribution in [0.4, 0.5) is 0 Å². The maximum atomic E-state index is 5.82. The van der Waals surface area contributed by atoms with Crippen molar-refractivity contribution in [2.24, 2.45) is 5.92 Å². The second-order valence-corrected chi connectivity index (χ2v) is 5.03. The predicted molar refractivity (Wildman–Crippen MR) is 73.6 cm³/mol. The highest BCUT2D eigenvalue weighted by atomic mass is 16.5. The molecule has 0 aliphatic heterocycles. The van der Waals surface area contributed by atoms with Gasteiger partial charge in [0.25, 0.3) is 0 Å². The van der Waals surface area contributed by atoms with E-state index in [1.165, 1.54) is 16.7 Å². The highest BCUT2D eigenvalue weighted by Gasteiger charge is 2.06. The molecule has 0 radical (unpaired) electrons. The fourth-order valence-electron chi connectivity index (χ4n) is 1.71. The molecule has 2 heteroatoms. The first-order valence-corrected chi connectivity index (χ1v) is 6.48. The van der Waals surface area contributed by atoms with E-state index in [1.807, 2.05) is 0 Å². The number of hydrogen-bond acceptors (Lipinski definition) is 2. The third-order valence-electron chi connectivity index (χ3n) is 2.77. The van der Waals surface area contributed by atoms with Gasteiger partial charge in [0, 0.05) is 6.54 Å². The van der Waals surface area contributed by atoms with E-state index < -0.39 is 0 Å². The van der Waals surface area contributed by atoms with E-state index in [0.29, 0.717) is 5.92 Å². The topological polar surface area (TPSA) is 21.3 Å². The smallest absolute Gasteiger partial charge is 0.122 e. The second kappa shape index (κ2) is 6.65. The maximum Gasteiger partial charge on any atom is 0.122 e. The summed E-state index contributed by atoms with van der Waals surface area (Å²) in [4.78, 5) is 0. The molecule has 17 heavy (non-hydrogen) atoms. The minimum atomic E-state index is 0.566. The summed E-state index contributed by atoms with van der Waals surface area (Å²) in [7, 11) is 0. The zero-order valence-corrected chi connectivity index (χ0v) is 11.8. The molecule has 0 amide bonds. The summed E-state index contributed by atoms with van der Waals surface area (Å²) in [6.07, 6.45) is 0. The summed E-state index contributed by atoms with van der Waals surface area (Å²) in [5.74, 6) is 1.59. The van der Waals surface area contributed by atoms with Crippen molar-refractivity contribution < 1.29 is 4.74 Å². The largest absolute Gasteiger partial charge is 0.493 e. The number of hydrogen-bond donors (Lipinski definition) is 1. The quantitative estimate of drug-likeness (QED) is 0.815. The molecule has 2 nitrogen and oxygen atoms in total. The van der Waals surface area contributed by atoms with Crippen LogP contribution in [0.25, 0.3) is 0 Å². The van der Waals surface area contributed by atoms with Gasteiger partial charge in [0.15, 0.2) is 0 Å². The molecular formula is C15H25NO. The zero-order valence-electron chi connectivity index (χ0n) is 11.8. The lowest BCUT2D eigenvalue weighted by Crippen LogP contribution is -2.13. The van der Waals surface area contributed by atoms with Gasteiger partial charge in [-0.05, 0) is 49.1 Å². The first-order chi connectivity index (χ1) is 8.04. The lowest BCUT2D eigenvalue weighted by molar-refractivity contribution is 0.269. The maximum absolute atomic E-state index is 5.82. The molecule has 0 aliphatic rings. The predicted octanol–water partition coefficient (Wildman–Crippen LogP) is 3.45. The summed E-state index contributed by atoms with van der Waals surface area (Å²) in [5, 5.41) is 3.36. The van der Waals surface area contributed by atoms with E-state index in [0.717, 1.165) is 25.4 Å². The normalized spacial score (nSPS) is 10.9. The third kappa shape index (κ3) is 4.39. The van der Waals surface area contributed by atoms with Crippen molar-refractivity contribution in [1.82, 2.24) is 5.32 Å². The Morgan fingerprint density at radius 1 is 1.18 bits per heavy atom. The molecule has 0 aliphatic carbocycles. The van der Waals surface area contributed by atoms with Crippen LogP contribution in [0.1, 0.15) is 37.5 Å². The summed E-state index contributed by atoms with van der Waals surface area (Å²) in [6, 6.07) is 4.39. The van der Waals surface area contributed by atoms with Gasteiger partial charge in [-0.2, -0.15) is 0 Å². The zero-order chi connectivity index (χ0) is 12.8. The fourth-order valence-corrected chi connectivity index (χ4v) is 1.71. The first kappa shape index (κ1) is 14.0. The van der Waals surface area contributed by atoms with E-state index in [9.17, 15) is 0 Å². The number of aryl methyl sites for hydroxylation is 2. The molecule has 1 aromatic rings. The van der Waals surface area contributed by atoms with Gasteiger partial charge in [-0.15, -0.1) is 0 Å². The van der Waals surface area contributed by atoms with Crippen molar-refractivity contribution in [3.8, 4) is 5.75 Å². The van der Waals surface area contributed by atoms with Gasteiger partial charge < -0.3 is 10.1 Å². The molecule has 1 rings (SSSR count). The van der Waals surface area contributed by atoms with Gasteiger partial charge in [-0.1, -0.05) is 26.8 Å².